The molecule has 0 spiro atoms. The summed E-state index contributed by atoms with van der Waals surface area (Å²) in [6.07, 6.45) is 0.649. The van der Waals surface area contributed by atoms with Crippen molar-refractivity contribution in [3.63, 3.8) is 0 Å². The minimum Gasteiger partial charge on any atom is -0.392 e. The van der Waals surface area contributed by atoms with Crippen LogP contribution in [0.4, 0.5) is 0 Å². The van der Waals surface area contributed by atoms with Crippen LogP contribution in [-0.2, 0) is 0 Å². The fraction of sp³-hybridized carbons (Fsp3) is 1.00. The van der Waals surface area contributed by atoms with Crippen LogP contribution in [0.25, 0.3) is 0 Å². The lowest BCUT2D eigenvalue weighted by atomic mass is 10.0. The summed E-state index contributed by atoms with van der Waals surface area (Å²) in [6, 6.07) is 0.278. The average molecular weight is 215 g/mol. The van der Waals surface area contributed by atoms with Gasteiger partial charge in [-0.2, -0.15) is 0 Å². The second-order valence-electron chi connectivity index (χ2n) is 5.46. The van der Waals surface area contributed by atoms with Gasteiger partial charge in [0.05, 0.1) is 6.10 Å². The van der Waals surface area contributed by atoms with Gasteiger partial charge in [0, 0.05) is 19.1 Å². The first-order valence-corrected chi connectivity index (χ1v) is 6.30. The van der Waals surface area contributed by atoms with Crippen molar-refractivity contribution in [1.29, 1.82) is 0 Å². The van der Waals surface area contributed by atoms with Gasteiger partial charge in [0.25, 0.3) is 0 Å². The van der Waals surface area contributed by atoms with E-state index in [1.807, 2.05) is 6.92 Å². The highest BCUT2D eigenvalue weighted by Crippen LogP contribution is 2.12. The van der Waals surface area contributed by atoms with Crippen molar-refractivity contribution in [2.75, 3.05) is 13.1 Å². The van der Waals surface area contributed by atoms with Crippen LogP contribution in [0.1, 0.15) is 48.0 Å². The van der Waals surface area contributed by atoms with Crippen molar-refractivity contribution >= 4 is 0 Å². The van der Waals surface area contributed by atoms with E-state index < -0.39 is 0 Å². The largest absolute Gasteiger partial charge is 0.392 e. The van der Waals surface area contributed by atoms with Crippen molar-refractivity contribution in [3.8, 4) is 0 Å². The highest BCUT2D eigenvalue weighted by molar-refractivity contribution is 4.75. The molecule has 0 aromatic carbocycles. The molecule has 0 heterocycles. The van der Waals surface area contributed by atoms with Gasteiger partial charge >= 0.3 is 0 Å². The zero-order chi connectivity index (χ0) is 12.0. The van der Waals surface area contributed by atoms with Gasteiger partial charge in [0.1, 0.15) is 0 Å². The van der Waals surface area contributed by atoms with Crippen molar-refractivity contribution in [2.24, 2.45) is 11.8 Å². The molecule has 92 valence electrons. The van der Waals surface area contributed by atoms with Crippen LogP contribution in [0.2, 0.25) is 0 Å². The van der Waals surface area contributed by atoms with Gasteiger partial charge < -0.3 is 5.11 Å². The summed E-state index contributed by atoms with van der Waals surface area (Å²) < 4.78 is 0. The quantitative estimate of drug-likeness (QED) is 0.706. The molecule has 0 aliphatic rings. The van der Waals surface area contributed by atoms with Crippen LogP contribution < -0.4 is 0 Å². The van der Waals surface area contributed by atoms with Gasteiger partial charge in [0.2, 0.25) is 0 Å². The Kier molecular flexibility index (Phi) is 7.20. The van der Waals surface area contributed by atoms with E-state index in [0.717, 1.165) is 19.5 Å². The lowest BCUT2D eigenvalue weighted by Gasteiger charge is -2.34. The van der Waals surface area contributed by atoms with Gasteiger partial charge in [0.15, 0.2) is 0 Å². The molecule has 0 radical (unpaired) electrons. The summed E-state index contributed by atoms with van der Waals surface area (Å²) >= 11 is 0. The van der Waals surface area contributed by atoms with Gasteiger partial charge in [-0.15, -0.1) is 0 Å². The summed E-state index contributed by atoms with van der Waals surface area (Å²) in [4.78, 5) is 2.42. The molecule has 0 saturated heterocycles. The van der Waals surface area contributed by atoms with E-state index >= 15 is 0 Å². The number of aliphatic hydroxyl groups excluding tert-OH is 1. The molecule has 0 saturated carbocycles. The molecule has 0 bridgehead atoms. The van der Waals surface area contributed by atoms with Crippen LogP contribution in [0.5, 0.6) is 0 Å². The number of aliphatic hydroxyl groups is 1. The Hall–Kier alpha value is -0.0800. The molecule has 0 aromatic rings. The molecular formula is C13H29NO. The van der Waals surface area contributed by atoms with Gasteiger partial charge in [-0.1, -0.05) is 34.6 Å². The molecule has 0 rings (SSSR count). The topological polar surface area (TPSA) is 23.5 Å². The monoisotopic (exact) mass is 215 g/mol. The zero-order valence-electron chi connectivity index (χ0n) is 11.3. The van der Waals surface area contributed by atoms with E-state index in [4.69, 9.17) is 0 Å². The molecule has 0 fully saturated rings. The van der Waals surface area contributed by atoms with Crippen LogP contribution in [-0.4, -0.2) is 35.2 Å². The molecule has 2 nitrogen and oxygen atoms in total. The van der Waals surface area contributed by atoms with E-state index in [1.165, 1.54) is 0 Å². The van der Waals surface area contributed by atoms with Crippen LogP contribution in [0.3, 0.4) is 0 Å². The van der Waals surface area contributed by atoms with Crippen LogP contribution in [0.15, 0.2) is 0 Å². The lowest BCUT2D eigenvalue weighted by Crippen LogP contribution is -2.44. The minimum absolute atomic E-state index is 0.192. The predicted molar refractivity (Wildman–Crippen MR) is 67.0 cm³/mol. The fourth-order valence-electron chi connectivity index (χ4n) is 1.93. The number of rotatable bonds is 7. The number of nitrogens with zero attached hydrogens (tertiary/aromatic N) is 1. The van der Waals surface area contributed by atoms with Crippen molar-refractivity contribution < 1.29 is 5.11 Å². The Bertz CT molecular complexity index is 147. The number of hydrogen-bond acceptors (Lipinski definition) is 2. The van der Waals surface area contributed by atoms with Crippen LogP contribution in [0, 0.1) is 11.8 Å². The second-order valence-corrected chi connectivity index (χ2v) is 5.46. The minimum atomic E-state index is -0.192. The maximum Gasteiger partial charge on any atom is 0.0690 e. The first-order valence-electron chi connectivity index (χ1n) is 6.30. The van der Waals surface area contributed by atoms with Gasteiger partial charge in [-0.05, 0) is 25.2 Å². The third kappa shape index (κ3) is 6.16. The third-order valence-electron chi connectivity index (χ3n) is 2.75. The molecule has 0 aliphatic carbocycles. The van der Waals surface area contributed by atoms with Gasteiger partial charge in [-0.25, -0.2) is 0 Å². The molecule has 0 aromatic heterocycles. The Morgan fingerprint density at radius 2 is 1.33 bits per heavy atom. The maximum atomic E-state index is 9.88. The molecule has 2 unspecified atom stereocenters. The van der Waals surface area contributed by atoms with Crippen molar-refractivity contribution in [1.82, 2.24) is 4.90 Å². The van der Waals surface area contributed by atoms with E-state index in [-0.39, 0.29) is 12.1 Å². The summed E-state index contributed by atoms with van der Waals surface area (Å²) in [6.45, 7) is 15.3. The summed E-state index contributed by atoms with van der Waals surface area (Å²) in [5.41, 5.74) is 0. The first kappa shape index (κ1) is 14.9. The fourth-order valence-corrected chi connectivity index (χ4v) is 1.93. The molecule has 0 aliphatic heterocycles. The molecular weight excluding hydrogens is 186 g/mol. The highest BCUT2D eigenvalue weighted by Gasteiger charge is 2.21. The van der Waals surface area contributed by atoms with E-state index in [2.05, 4.69) is 39.5 Å². The Morgan fingerprint density at radius 3 is 1.60 bits per heavy atom. The first-order chi connectivity index (χ1) is 6.88. The normalized spacial score (nSPS) is 16.4. The molecule has 2 heteroatoms. The van der Waals surface area contributed by atoms with Crippen LogP contribution >= 0.6 is 0 Å². The zero-order valence-corrected chi connectivity index (χ0v) is 11.3. The van der Waals surface area contributed by atoms with Gasteiger partial charge in [-0.3, -0.25) is 4.90 Å². The van der Waals surface area contributed by atoms with Crippen molar-refractivity contribution in [3.05, 3.63) is 0 Å². The maximum absolute atomic E-state index is 9.88. The van der Waals surface area contributed by atoms with E-state index in [9.17, 15) is 5.11 Å². The Labute approximate surface area is 95.7 Å². The SMILES string of the molecule is CCC(O)C(C)N(CC(C)C)CC(C)C. The highest BCUT2D eigenvalue weighted by atomic mass is 16.3. The average Bonchev–Trinajstić information content (AvgIpc) is 2.13. The summed E-state index contributed by atoms with van der Waals surface area (Å²) in [5.74, 6) is 1.32. The Morgan fingerprint density at radius 1 is 0.933 bits per heavy atom. The Balaban J connectivity index is 4.32. The van der Waals surface area contributed by atoms with Crippen molar-refractivity contribution in [2.45, 2.75) is 60.1 Å². The number of hydrogen-bond donors (Lipinski definition) is 1. The smallest absolute Gasteiger partial charge is 0.0690 e. The van der Waals surface area contributed by atoms with E-state index in [0.29, 0.717) is 11.8 Å². The molecule has 2 atom stereocenters. The standard InChI is InChI=1S/C13H29NO/c1-7-13(15)12(6)14(8-10(2)3)9-11(4)5/h10-13,15H,7-9H2,1-6H3. The lowest BCUT2D eigenvalue weighted by molar-refractivity contribution is 0.0432. The molecule has 15 heavy (non-hydrogen) atoms. The second kappa shape index (κ2) is 7.24. The third-order valence-corrected chi connectivity index (χ3v) is 2.75. The predicted octanol–water partition coefficient (Wildman–Crippen LogP) is 2.76. The molecule has 0 amide bonds. The molecule has 1 N–H and O–H groups in total. The summed E-state index contributed by atoms with van der Waals surface area (Å²) in [7, 11) is 0. The summed E-state index contributed by atoms with van der Waals surface area (Å²) in [5, 5.41) is 9.88. The van der Waals surface area contributed by atoms with E-state index in [1.54, 1.807) is 0 Å².